The number of hydrogen-bond acceptors (Lipinski definition) is 1. The van der Waals surface area contributed by atoms with Gasteiger partial charge in [0, 0.05) is 5.38 Å². The van der Waals surface area contributed by atoms with E-state index in [-0.39, 0.29) is 0 Å². The zero-order valence-electron chi connectivity index (χ0n) is 7.00. The van der Waals surface area contributed by atoms with Crippen molar-refractivity contribution < 1.29 is 0 Å². The van der Waals surface area contributed by atoms with Crippen LogP contribution in [-0.2, 0) is 6.42 Å². The van der Waals surface area contributed by atoms with Crippen LogP contribution in [0.5, 0.6) is 0 Å². The number of H-pyrrole nitrogens is 1. The van der Waals surface area contributed by atoms with Crippen molar-refractivity contribution in [1.29, 1.82) is 0 Å². The summed E-state index contributed by atoms with van der Waals surface area (Å²) in [6.07, 6.45) is 1.11. The second-order valence-corrected chi connectivity index (χ2v) is 3.48. The fraction of sp³-hybridized carbons (Fsp3) is 0.200. The molecule has 0 fully saturated rings. The van der Waals surface area contributed by atoms with Gasteiger partial charge in [0.15, 0.2) is 0 Å². The van der Waals surface area contributed by atoms with Gasteiger partial charge in [-0.15, -0.1) is 0 Å². The Labute approximate surface area is 76.2 Å². The van der Waals surface area contributed by atoms with Gasteiger partial charge in [0.05, 0.1) is 5.69 Å². The number of aromatic amines is 1. The molecule has 0 unspecified atom stereocenters. The topological polar surface area (TPSA) is 15.8 Å². The summed E-state index contributed by atoms with van der Waals surface area (Å²) in [6, 6.07) is 8.69. The lowest BCUT2D eigenvalue weighted by Gasteiger charge is -2.03. The highest BCUT2D eigenvalue weighted by Gasteiger charge is 1.98. The third-order valence-corrected chi connectivity index (χ3v) is 2.71. The van der Waals surface area contributed by atoms with Crippen LogP contribution in [0.25, 0.3) is 11.3 Å². The molecule has 0 aliphatic rings. The van der Waals surface area contributed by atoms with Gasteiger partial charge in [0.2, 0.25) is 0 Å². The summed E-state index contributed by atoms with van der Waals surface area (Å²) in [4.78, 5) is 0. The van der Waals surface area contributed by atoms with Crippen molar-refractivity contribution in [3.63, 3.8) is 0 Å². The van der Waals surface area contributed by atoms with E-state index in [2.05, 4.69) is 40.9 Å². The van der Waals surface area contributed by atoms with Crippen molar-refractivity contribution in [1.82, 2.24) is 4.37 Å². The molecular formula is C10H11NS. The fourth-order valence-electron chi connectivity index (χ4n) is 1.16. The smallest absolute Gasteiger partial charge is 0.0663 e. The van der Waals surface area contributed by atoms with Gasteiger partial charge < -0.3 is 4.37 Å². The monoisotopic (exact) mass is 177 g/mol. The fourth-order valence-corrected chi connectivity index (χ4v) is 1.65. The number of aromatic nitrogens is 1. The average Bonchev–Trinajstić information content (AvgIpc) is 2.03. The molecule has 0 aliphatic carbocycles. The Hall–Kier alpha value is -1.02. The summed E-state index contributed by atoms with van der Waals surface area (Å²) in [5.41, 5.74) is 3.92. The van der Waals surface area contributed by atoms with E-state index >= 15 is 0 Å². The van der Waals surface area contributed by atoms with Gasteiger partial charge in [-0.05, 0) is 17.5 Å². The minimum atomic E-state index is 1.11. The van der Waals surface area contributed by atoms with Crippen molar-refractivity contribution in [3.05, 3.63) is 35.2 Å². The summed E-state index contributed by atoms with van der Waals surface area (Å²) >= 11 is 1.64. The molecule has 0 saturated carbocycles. The zero-order chi connectivity index (χ0) is 8.39. The molecule has 0 spiro atoms. The largest absolute Gasteiger partial charge is 0.310 e. The van der Waals surface area contributed by atoms with Crippen LogP contribution in [0.15, 0.2) is 29.6 Å². The van der Waals surface area contributed by atoms with Gasteiger partial charge >= 0.3 is 0 Å². The lowest BCUT2D eigenvalue weighted by atomic mass is 10.1. The molecule has 1 nitrogen and oxygen atoms in total. The standard InChI is InChI=1S/C10H11NS/c1-2-8-3-5-9(6-4-8)10-7-12-11-10/h3-7,11H,2H2,1H3. The van der Waals surface area contributed by atoms with Gasteiger partial charge in [0.25, 0.3) is 0 Å². The first-order valence-corrected chi connectivity index (χ1v) is 4.99. The predicted molar refractivity (Wildman–Crippen MR) is 53.5 cm³/mol. The van der Waals surface area contributed by atoms with Gasteiger partial charge in [-0.2, -0.15) is 0 Å². The van der Waals surface area contributed by atoms with Crippen LogP contribution in [0.1, 0.15) is 12.5 Å². The Morgan fingerprint density at radius 3 is 2.33 bits per heavy atom. The first-order valence-electron chi connectivity index (χ1n) is 4.11. The normalized spacial score (nSPS) is 10.4. The Bertz CT molecular complexity index is 333. The molecule has 12 heavy (non-hydrogen) atoms. The van der Waals surface area contributed by atoms with Gasteiger partial charge in [0.1, 0.15) is 0 Å². The Morgan fingerprint density at radius 2 is 1.92 bits per heavy atom. The molecule has 0 aliphatic heterocycles. The maximum absolute atomic E-state index is 3.18. The molecule has 0 radical (unpaired) electrons. The average molecular weight is 177 g/mol. The molecule has 0 saturated heterocycles. The van der Waals surface area contributed by atoms with E-state index in [1.807, 2.05) is 0 Å². The van der Waals surface area contributed by atoms with E-state index in [9.17, 15) is 0 Å². The van der Waals surface area contributed by atoms with E-state index < -0.39 is 0 Å². The van der Waals surface area contributed by atoms with Crippen LogP contribution in [0.3, 0.4) is 0 Å². The lowest BCUT2D eigenvalue weighted by Crippen LogP contribution is -1.83. The number of benzene rings is 1. The van der Waals surface area contributed by atoms with Crippen LogP contribution in [0.4, 0.5) is 0 Å². The third kappa shape index (κ3) is 1.30. The van der Waals surface area contributed by atoms with Crippen LogP contribution < -0.4 is 0 Å². The maximum atomic E-state index is 3.18. The molecule has 0 amide bonds. The number of hydrogen-bond donors (Lipinski definition) is 1. The van der Waals surface area contributed by atoms with Gasteiger partial charge in [-0.1, -0.05) is 42.7 Å². The van der Waals surface area contributed by atoms with Crippen molar-refractivity contribution in [2.45, 2.75) is 13.3 Å². The molecule has 1 heterocycles. The molecule has 62 valence electrons. The van der Waals surface area contributed by atoms with Gasteiger partial charge in [-0.3, -0.25) is 0 Å². The highest BCUT2D eigenvalue weighted by molar-refractivity contribution is 7.05. The Morgan fingerprint density at radius 1 is 1.25 bits per heavy atom. The first-order chi connectivity index (χ1) is 5.90. The maximum Gasteiger partial charge on any atom is 0.0663 e. The summed E-state index contributed by atoms with van der Waals surface area (Å²) < 4.78 is 3.18. The summed E-state index contributed by atoms with van der Waals surface area (Å²) in [7, 11) is 0. The number of nitrogens with one attached hydrogen (secondary N) is 1. The number of aryl methyl sites for hydroxylation is 1. The summed E-state index contributed by atoms with van der Waals surface area (Å²) in [6.45, 7) is 2.17. The minimum Gasteiger partial charge on any atom is -0.310 e. The van der Waals surface area contributed by atoms with Crippen LogP contribution in [0, 0.1) is 0 Å². The molecule has 2 heteroatoms. The second-order valence-electron chi connectivity index (χ2n) is 2.80. The first kappa shape index (κ1) is 7.62. The third-order valence-electron chi connectivity index (χ3n) is 2.02. The molecular weight excluding hydrogens is 166 g/mol. The Balaban J connectivity index is 2.29. The predicted octanol–water partition coefficient (Wildman–Crippen LogP) is 3.31. The Kier molecular flexibility index (Phi) is 2.00. The molecule has 1 aromatic heterocycles. The zero-order valence-corrected chi connectivity index (χ0v) is 7.82. The molecule has 0 bridgehead atoms. The van der Waals surface area contributed by atoms with Crippen molar-refractivity contribution in [2.75, 3.05) is 0 Å². The van der Waals surface area contributed by atoms with E-state index in [0.717, 1.165) is 6.42 Å². The molecule has 0 atom stereocenters. The quantitative estimate of drug-likeness (QED) is 0.724. The van der Waals surface area contributed by atoms with E-state index in [4.69, 9.17) is 0 Å². The van der Waals surface area contributed by atoms with E-state index in [1.54, 1.807) is 11.5 Å². The summed E-state index contributed by atoms with van der Waals surface area (Å²) in [5.74, 6) is 0. The molecule has 2 aromatic rings. The minimum absolute atomic E-state index is 1.11. The van der Waals surface area contributed by atoms with Crippen LogP contribution in [-0.4, -0.2) is 4.37 Å². The van der Waals surface area contributed by atoms with Crippen molar-refractivity contribution in [3.8, 4) is 11.3 Å². The van der Waals surface area contributed by atoms with E-state index in [1.165, 1.54) is 16.8 Å². The summed E-state index contributed by atoms with van der Waals surface area (Å²) in [5, 5.41) is 2.13. The SMILES string of the molecule is CCc1ccc(-c2cs[nH]2)cc1. The number of rotatable bonds is 2. The van der Waals surface area contributed by atoms with Crippen LogP contribution >= 0.6 is 11.5 Å². The van der Waals surface area contributed by atoms with Gasteiger partial charge in [-0.25, -0.2) is 0 Å². The van der Waals surface area contributed by atoms with Crippen LogP contribution in [0.2, 0.25) is 0 Å². The van der Waals surface area contributed by atoms with Crippen molar-refractivity contribution in [2.24, 2.45) is 0 Å². The molecule has 1 N–H and O–H groups in total. The highest BCUT2D eigenvalue weighted by atomic mass is 32.1. The lowest BCUT2D eigenvalue weighted by molar-refractivity contribution is 1.14. The molecule has 1 aromatic carbocycles. The molecule has 2 rings (SSSR count). The van der Waals surface area contributed by atoms with E-state index in [0.29, 0.717) is 0 Å². The second kappa shape index (κ2) is 3.15. The van der Waals surface area contributed by atoms with Crippen molar-refractivity contribution >= 4 is 11.5 Å². The highest BCUT2D eigenvalue weighted by Crippen LogP contribution is 2.21.